The van der Waals surface area contributed by atoms with Crippen molar-refractivity contribution in [2.75, 3.05) is 5.73 Å². The van der Waals surface area contributed by atoms with Gasteiger partial charge in [0.05, 0.1) is 5.69 Å². The van der Waals surface area contributed by atoms with Gasteiger partial charge in [0.1, 0.15) is 11.4 Å². The van der Waals surface area contributed by atoms with Crippen molar-refractivity contribution in [3.8, 4) is 5.75 Å². The molecule has 3 rings (SSSR count). The van der Waals surface area contributed by atoms with Crippen LogP contribution in [0.2, 0.25) is 5.02 Å². The molecule has 4 nitrogen and oxygen atoms in total. The first-order chi connectivity index (χ1) is 11.2. The zero-order valence-electron chi connectivity index (χ0n) is 11.9. The number of H-pyrrole nitrogens is 1. The Morgan fingerprint density at radius 2 is 1.79 bits per heavy atom. The molecule has 3 N–H and O–H groups in total. The Morgan fingerprint density at radius 1 is 1.12 bits per heavy atom. The number of carbonyl (C=O) groups is 1. The molecule has 0 spiro atoms. The van der Waals surface area contributed by atoms with E-state index in [1.54, 1.807) is 18.2 Å². The van der Waals surface area contributed by atoms with Gasteiger partial charge in [0, 0.05) is 21.5 Å². The van der Waals surface area contributed by atoms with Crippen LogP contribution in [0.25, 0.3) is 10.9 Å². The zero-order chi connectivity index (χ0) is 17.5. The smallest absolute Gasteiger partial charge is 0.406 e. The van der Waals surface area contributed by atoms with E-state index in [-0.39, 0.29) is 16.9 Å². The number of nitrogens with one attached hydrogen (secondary N) is 1. The van der Waals surface area contributed by atoms with Crippen LogP contribution in [0.1, 0.15) is 16.1 Å². The van der Waals surface area contributed by atoms with Crippen molar-refractivity contribution in [2.24, 2.45) is 0 Å². The van der Waals surface area contributed by atoms with E-state index >= 15 is 0 Å². The van der Waals surface area contributed by atoms with Gasteiger partial charge in [-0.15, -0.1) is 13.2 Å². The van der Waals surface area contributed by atoms with E-state index < -0.39 is 17.9 Å². The molecule has 0 radical (unpaired) electrons. The fourth-order valence-electron chi connectivity index (χ4n) is 2.32. The van der Waals surface area contributed by atoms with Crippen LogP contribution >= 0.6 is 11.6 Å². The quantitative estimate of drug-likeness (QED) is 0.679. The van der Waals surface area contributed by atoms with Crippen LogP contribution in [0.15, 0.2) is 42.5 Å². The lowest BCUT2D eigenvalue weighted by molar-refractivity contribution is -0.274. The molecule has 124 valence electrons. The summed E-state index contributed by atoms with van der Waals surface area (Å²) in [4.78, 5) is 15.4. The van der Waals surface area contributed by atoms with Crippen LogP contribution in [-0.4, -0.2) is 17.1 Å². The van der Waals surface area contributed by atoms with E-state index in [9.17, 15) is 18.0 Å². The number of aromatic amines is 1. The summed E-state index contributed by atoms with van der Waals surface area (Å²) in [6.07, 6.45) is -4.79. The van der Waals surface area contributed by atoms with Crippen molar-refractivity contribution in [3.05, 3.63) is 58.7 Å². The van der Waals surface area contributed by atoms with Gasteiger partial charge in [-0.3, -0.25) is 4.79 Å². The predicted octanol–water partition coefficient (Wildman–Crippen LogP) is 4.53. The summed E-state index contributed by atoms with van der Waals surface area (Å²) in [5.41, 5.74) is 7.15. The fraction of sp³-hybridized carbons (Fsp3) is 0.0625. The molecule has 0 bridgehead atoms. The molecular weight excluding hydrogens is 345 g/mol. The van der Waals surface area contributed by atoms with E-state index in [1.807, 2.05) is 0 Å². The highest BCUT2D eigenvalue weighted by Gasteiger charge is 2.31. The number of nitrogens with two attached hydrogens (primary N) is 1. The molecule has 1 aromatic heterocycles. The molecule has 0 amide bonds. The molecule has 0 aliphatic carbocycles. The zero-order valence-corrected chi connectivity index (χ0v) is 12.7. The predicted molar refractivity (Wildman–Crippen MR) is 84.3 cm³/mol. The van der Waals surface area contributed by atoms with E-state index in [2.05, 4.69) is 9.72 Å². The minimum atomic E-state index is -4.79. The topological polar surface area (TPSA) is 68.1 Å². The minimum Gasteiger partial charge on any atom is -0.406 e. The summed E-state index contributed by atoms with van der Waals surface area (Å²) in [5.74, 6) is -0.853. The third-order valence-corrected chi connectivity index (χ3v) is 3.61. The van der Waals surface area contributed by atoms with Gasteiger partial charge in [-0.25, -0.2) is 0 Å². The van der Waals surface area contributed by atoms with Crippen LogP contribution in [-0.2, 0) is 0 Å². The average Bonchev–Trinajstić information content (AvgIpc) is 2.82. The highest BCUT2D eigenvalue weighted by Crippen LogP contribution is 2.29. The number of anilines is 1. The maximum absolute atomic E-state index is 12.5. The molecule has 0 atom stereocenters. The van der Waals surface area contributed by atoms with Gasteiger partial charge in [0.2, 0.25) is 5.78 Å². The highest BCUT2D eigenvalue weighted by molar-refractivity contribution is 6.31. The van der Waals surface area contributed by atoms with E-state index in [0.29, 0.717) is 15.9 Å². The second-order valence-electron chi connectivity index (χ2n) is 5.00. The molecule has 2 aromatic carbocycles. The Labute approximate surface area is 139 Å². The first kappa shape index (κ1) is 16.2. The minimum absolute atomic E-state index is 0.150. The number of aromatic nitrogens is 1. The van der Waals surface area contributed by atoms with Crippen LogP contribution in [0.3, 0.4) is 0 Å². The highest BCUT2D eigenvalue weighted by atomic mass is 35.5. The second-order valence-corrected chi connectivity index (χ2v) is 5.44. The molecular formula is C16H10ClF3N2O2. The van der Waals surface area contributed by atoms with Crippen LogP contribution in [0, 0.1) is 0 Å². The standard InChI is InChI=1S/C16H10ClF3N2O2/c17-9-3-6-11-12(7-9)22-14(13(11)21)15(23)8-1-4-10(5-2-8)24-16(18,19)20/h1-7,22H,21H2. The molecule has 0 aliphatic heterocycles. The third kappa shape index (κ3) is 3.16. The van der Waals surface area contributed by atoms with E-state index in [4.69, 9.17) is 17.3 Å². The van der Waals surface area contributed by atoms with Crippen LogP contribution in [0.4, 0.5) is 18.9 Å². The Bertz CT molecular complexity index is 917. The number of hydrogen-bond donors (Lipinski definition) is 2. The molecule has 0 saturated heterocycles. The van der Waals surface area contributed by atoms with Gasteiger partial charge in [-0.1, -0.05) is 11.6 Å². The molecule has 0 aliphatic rings. The van der Waals surface area contributed by atoms with Crippen molar-refractivity contribution in [1.29, 1.82) is 0 Å². The number of alkyl halides is 3. The maximum Gasteiger partial charge on any atom is 0.573 e. The molecule has 24 heavy (non-hydrogen) atoms. The number of hydrogen-bond acceptors (Lipinski definition) is 3. The number of ketones is 1. The van der Waals surface area contributed by atoms with Crippen molar-refractivity contribution >= 4 is 34.0 Å². The van der Waals surface area contributed by atoms with Gasteiger partial charge in [-0.2, -0.15) is 0 Å². The molecule has 0 unspecified atom stereocenters. The van der Waals surface area contributed by atoms with Crippen molar-refractivity contribution in [2.45, 2.75) is 6.36 Å². The molecule has 1 heterocycles. The van der Waals surface area contributed by atoms with E-state index in [1.165, 1.54) is 12.1 Å². The SMILES string of the molecule is Nc1c(C(=O)c2ccc(OC(F)(F)F)cc2)[nH]c2cc(Cl)ccc12. The van der Waals surface area contributed by atoms with E-state index in [0.717, 1.165) is 12.1 Å². The molecule has 0 saturated carbocycles. The van der Waals surface area contributed by atoms with Gasteiger partial charge in [0.25, 0.3) is 0 Å². The first-order valence-corrected chi connectivity index (χ1v) is 7.09. The lowest BCUT2D eigenvalue weighted by atomic mass is 10.1. The Kier molecular flexibility index (Phi) is 3.88. The summed E-state index contributed by atoms with van der Waals surface area (Å²) < 4.78 is 40.2. The summed E-state index contributed by atoms with van der Waals surface area (Å²) in [6.45, 7) is 0. The normalized spacial score (nSPS) is 11.7. The Balaban J connectivity index is 1.93. The second kappa shape index (κ2) is 5.76. The average molecular weight is 355 g/mol. The lowest BCUT2D eigenvalue weighted by Gasteiger charge is -2.08. The van der Waals surface area contributed by atoms with Crippen molar-refractivity contribution in [3.63, 3.8) is 0 Å². The number of halogens is 4. The fourth-order valence-corrected chi connectivity index (χ4v) is 2.49. The Hall–Kier alpha value is -2.67. The summed E-state index contributed by atoms with van der Waals surface area (Å²) in [6, 6.07) is 9.56. The molecule has 3 aromatic rings. The first-order valence-electron chi connectivity index (χ1n) is 6.72. The van der Waals surface area contributed by atoms with Gasteiger partial charge < -0.3 is 15.5 Å². The number of benzene rings is 2. The summed E-state index contributed by atoms with van der Waals surface area (Å²) in [5, 5.41) is 1.12. The van der Waals surface area contributed by atoms with Gasteiger partial charge in [0.15, 0.2) is 0 Å². The van der Waals surface area contributed by atoms with Crippen LogP contribution < -0.4 is 10.5 Å². The molecule has 8 heteroatoms. The monoisotopic (exact) mass is 354 g/mol. The number of rotatable bonds is 3. The lowest BCUT2D eigenvalue weighted by Crippen LogP contribution is -2.17. The van der Waals surface area contributed by atoms with Crippen LogP contribution in [0.5, 0.6) is 5.75 Å². The van der Waals surface area contributed by atoms with Gasteiger partial charge in [-0.05, 0) is 42.5 Å². The number of fused-ring (bicyclic) bond motifs is 1. The Morgan fingerprint density at radius 3 is 2.42 bits per heavy atom. The summed E-state index contributed by atoms with van der Waals surface area (Å²) in [7, 11) is 0. The molecule has 0 fully saturated rings. The summed E-state index contributed by atoms with van der Waals surface area (Å²) >= 11 is 5.90. The van der Waals surface area contributed by atoms with Gasteiger partial charge >= 0.3 is 6.36 Å². The van der Waals surface area contributed by atoms with Crippen molar-refractivity contribution in [1.82, 2.24) is 4.98 Å². The maximum atomic E-state index is 12.5. The van der Waals surface area contributed by atoms with Crippen molar-refractivity contribution < 1.29 is 22.7 Å². The number of carbonyl (C=O) groups excluding carboxylic acids is 1. The largest absolute Gasteiger partial charge is 0.573 e. The number of ether oxygens (including phenoxy) is 1. The number of nitrogen functional groups attached to an aromatic ring is 1. The third-order valence-electron chi connectivity index (χ3n) is 3.38.